The first-order chi connectivity index (χ1) is 11.0. The highest BCUT2D eigenvalue weighted by Crippen LogP contribution is 2.25. The van der Waals surface area contributed by atoms with Crippen LogP contribution in [-0.4, -0.2) is 18.0 Å². The Labute approximate surface area is 150 Å². The Hall–Kier alpha value is -1.89. The van der Waals surface area contributed by atoms with Crippen LogP contribution in [0, 0.1) is 0 Å². The van der Waals surface area contributed by atoms with Gasteiger partial charge < -0.3 is 5.32 Å². The highest BCUT2D eigenvalue weighted by atomic mass is 79.9. The molecule has 0 heterocycles. The molecule has 2 aromatic rings. The molecule has 5 nitrogen and oxygen atoms in total. The van der Waals surface area contributed by atoms with Gasteiger partial charge in [0.15, 0.2) is 0 Å². The van der Waals surface area contributed by atoms with Crippen LogP contribution in [0.25, 0.3) is 0 Å². The topological polar surface area (TPSA) is 70.6 Å². The third kappa shape index (κ3) is 5.06. The molecule has 2 aromatic carbocycles. The van der Waals surface area contributed by atoms with Crippen LogP contribution in [-0.2, 0) is 9.59 Å². The molecule has 2 amide bonds. The van der Waals surface area contributed by atoms with Gasteiger partial charge in [-0.1, -0.05) is 57.3 Å². The summed E-state index contributed by atoms with van der Waals surface area (Å²) in [4.78, 5) is 23.5. The van der Waals surface area contributed by atoms with Crippen molar-refractivity contribution < 1.29 is 9.59 Å². The fourth-order valence-corrected chi connectivity index (χ4v) is 2.29. The van der Waals surface area contributed by atoms with Gasteiger partial charge >= 0.3 is 11.8 Å². The first kappa shape index (κ1) is 17.5. The monoisotopic (exact) mass is 413 g/mol. The highest BCUT2D eigenvalue weighted by molar-refractivity contribution is 9.10. The van der Waals surface area contributed by atoms with Crippen LogP contribution in [0.3, 0.4) is 0 Å². The van der Waals surface area contributed by atoms with E-state index in [0.717, 1.165) is 10.0 Å². The maximum absolute atomic E-state index is 11.8. The Kier molecular flexibility index (Phi) is 6.15. The fourth-order valence-electron chi connectivity index (χ4n) is 1.56. The van der Waals surface area contributed by atoms with E-state index in [1.54, 1.807) is 12.1 Å². The SMILES string of the molecule is O=C(NN=Cc1ccccc1Br)C(=O)Nc1cc(Cl)ccc1Cl. The molecule has 0 aliphatic heterocycles. The number of hydrazone groups is 1. The van der Waals surface area contributed by atoms with Crippen molar-refractivity contribution in [1.82, 2.24) is 5.43 Å². The summed E-state index contributed by atoms with van der Waals surface area (Å²) in [5.41, 5.74) is 3.13. The van der Waals surface area contributed by atoms with Crippen LogP contribution >= 0.6 is 39.1 Å². The largest absolute Gasteiger partial charge is 0.329 e. The lowest BCUT2D eigenvalue weighted by atomic mass is 10.2. The van der Waals surface area contributed by atoms with Gasteiger partial charge in [-0.3, -0.25) is 9.59 Å². The van der Waals surface area contributed by atoms with Gasteiger partial charge in [0.25, 0.3) is 0 Å². The zero-order chi connectivity index (χ0) is 16.8. The average Bonchev–Trinajstić information content (AvgIpc) is 2.52. The van der Waals surface area contributed by atoms with Crippen molar-refractivity contribution in [2.75, 3.05) is 5.32 Å². The first-order valence-corrected chi connectivity index (χ1v) is 7.86. The summed E-state index contributed by atoms with van der Waals surface area (Å²) >= 11 is 15.1. The number of amides is 2. The maximum Gasteiger partial charge on any atom is 0.329 e. The summed E-state index contributed by atoms with van der Waals surface area (Å²) in [5, 5.41) is 6.75. The second-order valence-electron chi connectivity index (χ2n) is 4.30. The zero-order valence-corrected chi connectivity index (χ0v) is 14.6. The molecule has 0 atom stereocenters. The summed E-state index contributed by atoms with van der Waals surface area (Å²) in [6.45, 7) is 0. The van der Waals surface area contributed by atoms with E-state index >= 15 is 0 Å². The van der Waals surface area contributed by atoms with E-state index < -0.39 is 11.8 Å². The Bertz CT molecular complexity index is 781. The lowest BCUT2D eigenvalue weighted by Gasteiger charge is -2.06. The van der Waals surface area contributed by atoms with Gasteiger partial charge in [0.2, 0.25) is 0 Å². The predicted molar refractivity (Wildman–Crippen MR) is 95.0 cm³/mol. The molecule has 0 aliphatic carbocycles. The molecule has 0 saturated heterocycles. The van der Waals surface area contributed by atoms with Crippen molar-refractivity contribution in [1.29, 1.82) is 0 Å². The molecule has 0 saturated carbocycles. The molecular formula is C15H10BrCl2N3O2. The molecule has 0 aromatic heterocycles. The number of rotatable bonds is 3. The summed E-state index contributed by atoms with van der Waals surface area (Å²) in [5.74, 6) is -1.83. The van der Waals surface area contributed by atoms with E-state index in [9.17, 15) is 9.59 Å². The van der Waals surface area contributed by atoms with Gasteiger partial charge in [0, 0.05) is 15.1 Å². The van der Waals surface area contributed by atoms with E-state index in [4.69, 9.17) is 23.2 Å². The summed E-state index contributed by atoms with van der Waals surface area (Å²) in [7, 11) is 0. The molecule has 0 radical (unpaired) electrons. The van der Waals surface area contributed by atoms with Crippen molar-refractivity contribution >= 4 is 62.8 Å². The van der Waals surface area contributed by atoms with Crippen LogP contribution in [0.5, 0.6) is 0 Å². The Balaban J connectivity index is 1.97. The predicted octanol–water partition coefficient (Wildman–Crippen LogP) is 3.84. The lowest BCUT2D eigenvalue weighted by molar-refractivity contribution is -0.136. The molecule has 23 heavy (non-hydrogen) atoms. The van der Waals surface area contributed by atoms with Gasteiger partial charge in [-0.05, 0) is 24.3 Å². The Morgan fingerprint density at radius 3 is 2.57 bits per heavy atom. The number of nitrogens with one attached hydrogen (secondary N) is 2. The average molecular weight is 415 g/mol. The zero-order valence-electron chi connectivity index (χ0n) is 11.5. The second-order valence-corrected chi connectivity index (χ2v) is 6.00. The minimum atomic E-state index is -0.927. The molecule has 0 fully saturated rings. The van der Waals surface area contributed by atoms with Crippen LogP contribution in [0.1, 0.15) is 5.56 Å². The van der Waals surface area contributed by atoms with Crippen LogP contribution in [0.15, 0.2) is 52.0 Å². The molecule has 0 aliphatic rings. The van der Waals surface area contributed by atoms with E-state index in [-0.39, 0.29) is 10.7 Å². The second kappa shape index (κ2) is 8.10. The van der Waals surface area contributed by atoms with E-state index in [1.165, 1.54) is 18.3 Å². The molecule has 2 N–H and O–H groups in total. The molecule has 8 heteroatoms. The lowest BCUT2D eigenvalue weighted by Crippen LogP contribution is -2.32. The van der Waals surface area contributed by atoms with E-state index in [2.05, 4.69) is 31.8 Å². The number of nitrogens with zero attached hydrogens (tertiary/aromatic N) is 1. The van der Waals surface area contributed by atoms with Gasteiger partial charge in [-0.25, -0.2) is 5.43 Å². The minimum Gasteiger partial charge on any atom is -0.316 e. The maximum atomic E-state index is 11.8. The number of hydrogen-bond donors (Lipinski definition) is 2. The molecule has 2 rings (SSSR count). The van der Waals surface area contributed by atoms with Crippen molar-refractivity contribution in [2.24, 2.45) is 5.10 Å². The smallest absolute Gasteiger partial charge is 0.316 e. The van der Waals surface area contributed by atoms with Crippen molar-refractivity contribution in [2.45, 2.75) is 0 Å². The molecule has 0 bridgehead atoms. The first-order valence-electron chi connectivity index (χ1n) is 6.31. The van der Waals surface area contributed by atoms with Gasteiger partial charge in [-0.15, -0.1) is 0 Å². The summed E-state index contributed by atoms with van der Waals surface area (Å²) in [6, 6.07) is 11.8. The van der Waals surface area contributed by atoms with Crippen LogP contribution < -0.4 is 10.7 Å². The number of carbonyl (C=O) groups excluding carboxylic acids is 2. The highest BCUT2D eigenvalue weighted by Gasteiger charge is 2.14. The van der Waals surface area contributed by atoms with Gasteiger partial charge in [0.05, 0.1) is 16.9 Å². The fraction of sp³-hybridized carbons (Fsp3) is 0. The van der Waals surface area contributed by atoms with Gasteiger partial charge in [-0.2, -0.15) is 5.10 Å². The van der Waals surface area contributed by atoms with Crippen LogP contribution in [0.2, 0.25) is 10.0 Å². The molecule has 0 unspecified atom stereocenters. The third-order valence-corrected chi connectivity index (χ3v) is 3.94. The van der Waals surface area contributed by atoms with E-state index in [0.29, 0.717) is 5.02 Å². The number of benzene rings is 2. The van der Waals surface area contributed by atoms with E-state index in [1.807, 2.05) is 18.2 Å². The Morgan fingerprint density at radius 2 is 1.83 bits per heavy atom. The number of halogens is 3. The number of hydrogen-bond acceptors (Lipinski definition) is 3. The van der Waals surface area contributed by atoms with Crippen molar-refractivity contribution in [3.8, 4) is 0 Å². The third-order valence-electron chi connectivity index (χ3n) is 2.66. The molecule has 118 valence electrons. The molecular weight excluding hydrogens is 405 g/mol. The Morgan fingerprint density at radius 1 is 1.09 bits per heavy atom. The summed E-state index contributed by atoms with van der Waals surface area (Å²) < 4.78 is 0.813. The summed E-state index contributed by atoms with van der Waals surface area (Å²) in [6.07, 6.45) is 1.42. The number of anilines is 1. The van der Waals surface area contributed by atoms with Crippen molar-refractivity contribution in [3.63, 3.8) is 0 Å². The quantitative estimate of drug-likeness (QED) is 0.455. The minimum absolute atomic E-state index is 0.245. The number of carbonyl (C=O) groups is 2. The van der Waals surface area contributed by atoms with Gasteiger partial charge in [0.1, 0.15) is 0 Å². The van der Waals surface area contributed by atoms with Crippen LogP contribution in [0.4, 0.5) is 5.69 Å². The molecule has 0 spiro atoms. The van der Waals surface area contributed by atoms with Crippen molar-refractivity contribution in [3.05, 3.63) is 62.5 Å². The normalized spacial score (nSPS) is 10.6. The standard InChI is InChI=1S/C15H10BrCl2N3O2/c16-11-4-2-1-3-9(11)8-19-21-15(23)14(22)20-13-7-10(17)5-6-12(13)18/h1-8H,(H,20,22)(H,21,23).